The first-order valence-electron chi connectivity index (χ1n) is 4.56. The summed E-state index contributed by atoms with van der Waals surface area (Å²) < 4.78 is 5.53. The Morgan fingerprint density at radius 3 is 2.64 bits per heavy atom. The average Bonchev–Trinajstić information content (AvgIpc) is 2.18. The van der Waals surface area contributed by atoms with E-state index in [-0.39, 0.29) is 0 Å². The van der Waals surface area contributed by atoms with Crippen LogP contribution >= 0.6 is 13.6 Å². The van der Waals surface area contributed by atoms with Gasteiger partial charge in [-0.25, -0.2) is 0 Å². The third-order valence-electron chi connectivity index (χ3n) is 1.50. The number of rotatable bonds is 3. The molecular formula is C11H15BrOZn. The fourth-order valence-corrected chi connectivity index (χ4v) is 0.911. The predicted octanol–water partition coefficient (Wildman–Crippen LogP) is 3.67. The van der Waals surface area contributed by atoms with Crippen LogP contribution in [0.15, 0.2) is 18.2 Å². The second kappa shape index (κ2) is 8.43. The van der Waals surface area contributed by atoms with Crippen molar-refractivity contribution in [3.05, 3.63) is 29.8 Å². The van der Waals surface area contributed by atoms with Crippen LogP contribution in [0, 0.1) is 18.9 Å². The van der Waals surface area contributed by atoms with Crippen molar-refractivity contribution in [3.63, 3.8) is 0 Å². The molecule has 14 heavy (non-hydrogen) atoms. The molecule has 0 N–H and O–H groups in total. The van der Waals surface area contributed by atoms with E-state index in [1.54, 1.807) is 0 Å². The molecule has 0 amide bonds. The van der Waals surface area contributed by atoms with E-state index in [2.05, 4.69) is 33.5 Å². The summed E-state index contributed by atoms with van der Waals surface area (Å²) in [6, 6.07) is 8.92. The summed E-state index contributed by atoms with van der Waals surface area (Å²) in [5.41, 5.74) is 1.12. The van der Waals surface area contributed by atoms with Crippen LogP contribution in [0.1, 0.15) is 19.4 Å². The fraction of sp³-hybridized carbons (Fsp3) is 0.455. The van der Waals surface area contributed by atoms with Crippen LogP contribution in [0.5, 0.6) is 5.75 Å². The second-order valence-corrected chi connectivity index (χ2v) is 3.41. The maximum absolute atomic E-state index is 5.53. The molecule has 0 saturated heterocycles. The van der Waals surface area contributed by atoms with Gasteiger partial charge in [-0.1, -0.05) is 20.8 Å². The number of hydrogen-bond acceptors (Lipinski definition) is 1. The van der Waals surface area contributed by atoms with Gasteiger partial charge in [-0.3, -0.25) is 0 Å². The monoisotopic (exact) mass is 306 g/mol. The van der Waals surface area contributed by atoms with E-state index in [1.165, 1.54) is 16.3 Å². The third-order valence-corrected chi connectivity index (χ3v) is 1.50. The van der Waals surface area contributed by atoms with Crippen LogP contribution in [0.3, 0.4) is 0 Å². The van der Waals surface area contributed by atoms with Gasteiger partial charge >= 0.3 is 30.0 Å². The van der Waals surface area contributed by atoms with E-state index in [9.17, 15) is 0 Å². The van der Waals surface area contributed by atoms with Crippen LogP contribution in [-0.2, 0) is 16.3 Å². The first kappa shape index (κ1) is 14.1. The molecular weight excluding hydrogens is 293 g/mol. The molecule has 1 aromatic carbocycles. The summed E-state index contributed by atoms with van der Waals surface area (Å²) in [6.45, 7) is 7.08. The summed E-state index contributed by atoms with van der Waals surface area (Å²) in [5, 5.41) is 0. The Bertz CT molecular complexity index is 251. The van der Waals surface area contributed by atoms with E-state index in [0.717, 1.165) is 17.9 Å². The zero-order valence-corrected chi connectivity index (χ0v) is 13.6. The molecule has 0 bridgehead atoms. The van der Waals surface area contributed by atoms with Gasteiger partial charge in [0.2, 0.25) is 0 Å². The van der Waals surface area contributed by atoms with Crippen molar-refractivity contribution in [3.8, 4) is 5.75 Å². The second-order valence-electron chi connectivity index (χ2n) is 3.41. The molecule has 0 radical (unpaired) electrons. The number of ether oxygens (including phenoxy) is 1. The Labute approximate surface area is 103 Å². The predicted molar refractivity (Wildman–Crippen MR) is 59.3 cm³/mol. The fourth-order valence-electron chi connectivity index (χ4n) is 0.911. The minimum absolute atomic E-state index is 0.578. The van der Waals surface area contributed by atoms with Crippen molar-refractivity contribution in [2.75, 3.05) is 6.61 Å². The first-order chi connectivity index (χ1) is 6.68. The number of halogens is 1. The number of aryl methyl sites for hydroxylation is 1. The molecule has 0 spiro atoms. The molecule has 1 nitrogen and oxygen atoms in total. The van der Waals surface area contributed by atoms with E-state index in [0.29, 0.717) is 5.92 Å². The Balaban J connectivity index is 0.000000791. The minimum atomic E-state index is 0.578. The zero-order valence-electron chi connectivity index (χ0n) is 9.01. The Morgan fingerprint density at radius 2 is 2.14 bits per heavy atom. The molecule has 0 aliphatic rings. The Hall–Kier alpha value is 0.123. The summed E-state index contributed by atoms with van der Waals surface area (Å²) in [7, 11) is 0. The van der Waals surface area contributed by atoms with Crippen LogP contribution in [0.2, 0.25) is 0 Å². The van der Waals surface area contributed by atoms with Crippen LogP contribution in [-0.4, -0.2) is 6.61 Å². The van der Waals surface area contributed by atoms with Crippen LogP contribution < -0.4 is 4.74 Å². The molecule has 1 aromatic rings. The van der Waals surface area contributed by atoms with Crippen molar-refractivity contribution in [2.24, 2.45) is 5.92 Å². The van der Waals surface area contributed by atoms with Gasteiger partial charge in [-0.2, -0.15) is 17.7 Å². The van der Waals surface area contributed by atoms with Gasteiger partial charge in [-0.15, -0.1) is 12.1 Å². The number of hydrogen-bond donors (Lipinski definition) is 0. The number of benzene rings is 1. The van der Waals surface area contributed by atoms with Crippen molar-refractivity contribution in [1.82, 2.24) is 0 Å². The molecule has 0 unspecified atom stereocenters. The third kappa shape index (κ3) is 6.56. The van der Waals surface area contributed by atoms with Crippen LogP contribution in [0.4, 0.5) is 0 Å². The topological polar surface area (TPSA) is 9.23 Å². The van der Waals surface area contributed by atoms with Gasteiger partial charge in [0.1, 0.15) is 0 Å². The maximum atomic E-state index is 5.53. The van der Waals surface area contributed by atoms with E-state index in [4.69, 9.17) is 4.74 Å². The van der Waals surface area contributed by atoms with E-state index in [1.807, 2.05) is 25.1 Å². The molecule has 0 atom stereocenters. The van der Waals surface area contributed by atoms with Gasteiger partial charge < -0.3 is 4.74 Å². The quantitative estimate of drug-likeness (QED) is 0.611. The molecule has 0 aliphatic carbocycles. The van der Waals surface area contributed by atoms with E-state index >= 15 is 0 Å². The molecule has 0 saturated carbocycles. The van der Waals surface area contributed by atoms with Crippen molar-refractivity contribution in [2.45, 2.75) is 20.8 Å². The van der Waals surface area contributed by atoms with Gasteiger partial charge in [-0.05, 0) is 5.92 Å². The van der Waals surface area contributed by atoms with Crippen molar-refractivity contribution < 1.29 is 21.1 Å². The standard InChI is InChI=1S/C11H15O.BrH.Zn/c1-9(2)8-12-11-6-4-5-10(3)7-11;;/h4,6-7,9H,8H2,1-3H3;1H;/q-1;;+2/p-1. The van der Waals surface area contributed by atoms with Gasteiger partial charge in [0, 0.05) is 5.75 Å². The van der Waals surface area contributed by atoms with E-state index < -0.39 is 0 Å². The molecule has 0 aromatic heterocycles. The normalized spacial score (nSPS) is 9.36. The van der Waals surface area contributed by atoms with Crippen molar-refractivity contribution >= 4 is 13.6 Å². The molecule has 3 heteroatoms. The zero-order chi connectivity index (χ0) is 11.0. The molecule has 0 fully saturated rings. The Kier molecular flexibility index (Phi) is 8.51. The summed E-state index contributed by atoms with van der Waals surface area (Å²) in [4.78, 5) is 0. The summed E-state index contributed by atoms with van der Waals surface area (Å²) in [6.07, 6.45) is 0. The molecule has 0 heterocycles. The first-order valence-corrected chi connectivity index (χ1v) is 11.5. The average molecular weight is 309 g/mol. The van der Waals surface area contributed by atoms with Crippen LogP contribution in [0.25, 0.3) is 0 Å². The van der Waals surface area contributed by atoms with Gasteiger partial charge in [0.25, 0.3) is 0 Å². The summed E-state index contributed by atoms with van der Waals surface area (Å²) >= 11 is 4.25. The molecule has 0 aliphatic heterocycles. The van der Waals surface area contributed by atoms with Crippen molar-refractivity contribution in [1.29, 1.82) is 0 Å². The molecule has 74 valence electrons. The Morgan fingerprint density at radius 1 is 1.50 bits per heavy atom. The molecule has 1 rings (SSSR count). The SMILES string of the molecule is Cc1[c-]ccc(OCC(C)C)c1.[Zn+][Br]. The van der Waals surface area contributed by atoms with Gasteiger partial charge in [0.15, 0.2) is 0 Å². The summed E-state index contributed by atoms with van der Waals surface area (Å²) in [5.74, 6) is 1.52. The van der Waals surface area contributed by atoms with Gasteiger partial charge in [0.05, 0.1) is 6.61 Å².